The van der Waals surface area contributed by atoms with Crippen LogP contribution in [0.15, 0.2) is 18.2 Å². The lowest BCUT2D eigenvalue weighted by atomic mass is 10.0. The van der Waals surface area contributed by atoms with Crippen LogP contribution in [-0.4, -0.2) is 38.7 Å². The number of Topliss-reactive ketones (excluding diaryl/α,β-unsaturated/α-hetero) is 1. The molecule has 1 aromatic carbocycles. The summed E-state index contributed by atoms with van der Waals surface area (Å²) in [6, 6.07) is 5.33. The largest absolute Gasteiger partial charge is 0.496 e. The lowest BCUT2D eigenvalue weighted by Crippen LogP contribution is -2.35. The number of benzene rings is 1. The van der Waals surface area contributed by atoms with Gasteiger partial charge in [0.25, 0.3) is 0 Å². The molecule has 0 aliphatic rings. The summed E-state index contributed by atoms with van der Waals surface area (Å²) >= 11 is 0. The van der Waals surface area contributed by atoms with Crippen LogP contribution in [0.3, 0.4) is 0 Å². The molecule has 1 atom stereocenters. The predicted molar refractivity (Wildman–Crippen MR) is 80.6 cm³/mol. The summed E-state index contributed by atoms with van der Waals surface area (Å²) in [6.07, 6.45) is 0.910. The van der Waals surface area contributed by atoms with Crippen molar-refractivity contribution in [1.82, 2.24) is 5.32 Å². The Morgan fingerprint density at radius 2 is 2.15 bits per heavy atom. The monoisotopic (exact) mass is 279 g/mol. The third-order valence-corrected chi connectivity index (χ3v) is 3.19. The smallest absolute Gasteiger partial charge is 0.179 e. The number of ether oxygens (including phenoxy) is 2. The van der Waals surface area contributed by atoms with Crippen LogP contribution in [0, 0.1) is 6.92 Å². The second kappa shape index (κ2) is 8.72. The first-order valence-corrected chi connectivity index (χ1v) is 7.10. The number of rotatable bonds is 9. The molecule has 0 radical (unpaired) electrons. The molecule has 0 aliphatic carbocycles. The molecule has 1 aromatic rings. The molecule has 0 spiro atoms. The van der Waals surface area contributed by atoms with Crippen molar-refractivity contribution in [3.05, 3.63) is 29.3 Å². The fourth-order valence-electron chi connectivity index (χ4n) is 2.01. The first-order chi connectivity index (χ1) is 9.60. The van der Waals surface area contributed by atoms with Crippen molar-refractivity contribution in [3.8, 4) is 5.75 Å². The van der Waals surface area contributed by atoms with Gasteiger partial charge in [-0.15, -0.1) is 0 Å². The molecule has 4 heteroatoms. The molecule has 1 N–H and O–H groups in total. The number of carbonyl (C=O) groups excluding carboxylic acids is 1. The summed E-state index contributed by atoms with van der Waals surface area (Å²) in [7, 11) is 1.63. The van der Waals surface area contributed by atoms with Crippen molar-refractivity contribution in [2.45, 2.75) is 33.2 Å². The number of methoxy groups -OCH3 is 1. The predicted octanol–water partition coefficient (Wildman–Crippen LogP) is 2.59. The Kier molecular flexibility index (Phi) is 7.26. The Hall–Kier alpha value is -1.39. The Balaban J connectivity index is 2.50. The molecule has 1 unspecified atom stereocenters. The average molecular weight is 279 g/mol. The van der Waals surface area contributed by atoms with Gasteiger partial charge in [-0.3, -0.25) is 4.79 Å². The minimum Gasteiger partial charge on any atom is -0.496 e. The highest BCUT2D eigenvalue weighted by molar-refractivity contribution is 6.00. The van der Waals surface area contributed by atoms with E-state index in [1.54, 1.807) is 7.11 Å². The molecule has 20 heavy (non-hydrogen) atoms. The molecular formula is C16H25NO3. The fourth-order valence-corrected chi connectivity index (χ4v) is 2.01. The molecule has 0 amide bonds. The minimum absolute atomic E-state index is 0.104. The SMILES string of the molecule is CCOCCCNC(C)C(=O)c1ccc(OC)c(C)c1. The Labute approximate surface area is 121 Å². The second-order valence-corrected chi connectivity index (χ2v) is 4.77. The van der Waals surface area contributed by atoms with Crippen molar-refractivity contribution >= 4 is 5.78 Å². The zero-order valence-electron chi connectivity index (χ0n) is 12.9. The Morgan fingerprint density at radius 3 is 2.75 bits per heavy atom. The average Bonchev–Trinajstić information content (AvgIpc) is 2.46. The van der Waals surface area contributed by atoms with Crippen LogP contribution < -0.4 is 10.1 Å². The van der Waals surface area contributed by atoms with Crippen LogP contribution in [0.5, 0.6) is 5.75 Å². The van der Waals surface area contributed by atoms with Crippen LogP contribution in [-0.2, 0) is 4.74 Å². The van der Waals surface area contributed by atoms with E-state index in [4.69, 9.17) is 9.47 Å². The standard InChI is InChI=1S/C16H25NO3/c1-5-20-10-6-9-17-13(3)16(18)14-7-8-15(19-4)12(2)11-14/h7-8,11,13,17H,5-6,9-10H2,1-4H3. The van der Waals surface area contributed by atoms with E-state index in [9.17, 15) is 4.79 Å². The molecule has 0 bridgehead atoms. The van der Waals surface area contributed by atoms with Crippen molar-refractivity contribution in [2.75, 3.05) is 26.9 Å². The molecular weight excluding hydrogens is 254 g/mol. The van der Waals surface area contributed by atoms with Gasteiger partial charge in [-0.2, -0.15) is 0 Å². The summed E-state index contributed by atoms with van der Waals surface area (Å²) in [5.41, 5.74) is 1.69. The molecule has 0 saturated carbocycles. The van der Waals surface area contributed by atoms with Gasteiger partial charge in [0.05, 0.1) is 13.2 Å². The maximum absolute atomic E-state index is 12.3. The van der Waals surface area contributed by atoms with Gasteiger partial charge in [-0.05, 0) is 57.5 Å². The number of aryl methyl sites for hydroxylation is 1. The highest BCUT2D eigenvalue weighted by Crippen LogP contribution is 2.19. The van der Waals surface area contributed by atoms with Crippen molar-refractivity contribution < 1.29 is 14.3 Å². The zero-order chi connectivity index (χ0) is 15.0. The summed E-state index contributed by atoms with van der Waals surface area (Å²) in [5.74, 6) is 0.908. The van der Waals surface area contributed by atoms with Crippen molar-refractivity contribution in [2.24, 2.45) is 0 Å². The minimum atomic E-state index is -0.190. The maximum atomic E-state index is 12.3. The molecule has 0 aromatic heterocycles. The molecule has 0 saturated heterocycles. The Morgan fingerprint density at radius 1 is 1.40 bits per heavy atom. The van der Waals surface area contributed by atoms with E-state index in [1.165, 1.54) is 0 Å². The molecule has 0 fully saturated rings. The number of hydrogen-bond acceptors (Lipinski definition) is 4. The van der Waals surface area contributed by atoms with Crippen molar-refractivity contribution in [3.63, 3.8) is 0 Å². The third kappa shape index (κ3) is 4.94. The molecule has 0 heterocycles. The van der Waals surface area contributed by atoms with Crippen LogP contribution in [0.1, 0.15) is 36.2 Å². The van der Waals surface area contributed by atoms with E-state index < -0.39 is 0 Å². The third-order valence-electron chi connectivity index (χ3n) is 3.19. The van der Waals surface area contributed by atoms with E-state index in [2.05, 4.69) is 5.32 Å². The second-order valence-electron chi connectivity index (χ2n) is 4.77. The molecule has 0 aliphatic heterocycles. The van der Waals surface area contributed by atoms with E-state index in [0.717, 1.165) is 37.5 Å². The summed E-state index contributed by atoms with van der Waals surface area (Å²) in [6.45, 7) is 8.05. The lowest BCUT2D eigenvalue weighted by molar-refractivity contribution is 0.0946. The van der Waals surface area contributed by atoms with Crippen LogP contribution in [0.2, 0.25) is 0 Å². The number of nitrogens with one attached hydrogen (secondary N) is 1. The van der Waals surface area contributed by atoms with Gasteiger partial charge in [0.1, 0.15) is 5.75 Å². The van der Waals surface area contributed by atoms with Crippen LogP contribution in [0.25, 0.3) is 0 Å². The topological polar surface area (TPSA) is 47.6 Å². The molecule has 112 valence electrons. The zero-order valence-corrected chi connectivity index (χ0v) is 12.9. The van der Waals surface area contributed by atoms with E-state index >= 15 is 0 Å². The van der Waals surface area contributed by atoms with Crippen LogP contribution >= 0.6 is 0 Å². The number of carbonyl (C=O) groups is 1. The normalized spacial score (nSPS) is 12.2. The van der Waals surface area contributed by atoms with Gasteiger partial charge >= 0.3 is 0 Å². The quantitative estimate of drug-likeness (QED) is 0.557. The van der Waals surface area contributed by atoms with Gasteiger partial charge in [-0.25, -0.2) is 0 Å². The van der Waals surface area contributed by atoms with Gasteiger partial charge in [-0.1, -0.05) is 0 Å². The maximum Gasteiger partial charge on any atom is 0.179 e. The van der Waals surface area contributed by atoms with Gasteiger partial charge in [0.15, 0.2) is 5.78 Å². The highest BCUT2D eigenvalue weighted by atomic mass is 16.5. The summed E-state index contributed by atoms with van der Waals surface area (Å²) in [5, 5.41) is 3.23. The first-order valence-electron chi connectivity index (χ1n) is 7.10. The summed E-state index contributed by atoms with van der Waals surface area (Å²) in [4.78, 5) is 12.3. The lowest BCUT2D eigenvalue weighted by Gasteiger charge is -2.14. The van der Waals surface area contributed by atoms with Gasteiger partial charge < -0.3 is 14.8 Å². The van der Waals surface area contributed by atoms with Gasteiger partial charge in [0.2, 0.25) is 0 Å². The Bertz CT molecular complexity index is 432. The van der Waals surface area contributed by atoms with Crippen LogP contribution in [0.4, 0.5) is 0 Å². The number of hydrogen-bond donors (Lipinski definition) is 1. The molecule has 1 rings (SSSR count). The van der Waals surface area contributed by atoms with E-state index in [1.807, 2.05) is 39.0 Å². The van der Waals surface area contributed by atoms with Crippen molar-refractivity contribution in [1.29, 1.82) is 0 Å². The van der Waals surface area contributed by atoms with Gasteiger partial charge in [0, 0.05) is 18.8 Å². The van der Waals surface area contributed by atoms with E-state index in [-0.39, 0.29) is 11.8 Å². The molecule has 4 nitrogen and oxygen atoms in total. The fraction of sp³-hybridized carbons (Fsp3) is 0.562. The first kappa shape index (κ1) is 16.7. The number of ketones is 1. The summed E-state index contributed by atoms with van der Waals surface area (Å²) < 4.78 is 10.5. The van der Waals surface area contributed by atoms with E-state index in [0.29, 0.717) is 5.56 Å². The highest BCUT2D eigenvalue weighted by Gasteiger charge is 2.15.